The summed E-state index contributed by atoms with van der Waals surface area (Å²) in [4.78, 5) is 11.5. The van der Waals surface area contributed by atoms with Crippen LogP contribution in [0.5, 0.6) is 5.75 Å². The number of ether oxygens (including phenoxy) is 2. The van der Waals surface area contributed by atoms with E-state index in [4.69, 9.17) is 9.47 Å². The lowest BCUT2D eigenvalue weighted by atomic mass is 9.93. The van der Waals surface area contributed by atoms with E-state index < -0.39 is 0 Å². The number of carbonyl (C=O) groups excluding carboxylic acids is 1. The van der Waals surface area contributed by atoms with E-state index in [-0.39, 0.29) is 18.4 Å². The van der Waals surface area contributed by atoms with Gasteiger partial charge in [0.15, 0.2) is 0 Å². The molecule has 1 N–H and O–H groups in total. The Kier molecular flexibility index (Phi) is 8.28. The van der Waals surface area contributed by atoms with Gasteiger partial charge in [-0.05, 0) is 75.4 Å². The molecule has 1 fully saturated rings. The van der Waals surface area contributed by atoms with Crippen molar-refractivity contribution in [2.75, 3.05) is 26.8 Å². The Hall–Kier alpha value is -1.26. The van der Waals surface area contributed by atoms with E-state index in [2.05, 4.69) is 5.32 Å². The number of benzene rings is 1. The van der Waals surface area contributed by atoms with E-state index in [1.807, 2.05) is 19.1 Å². The highest BCUT2D eigenvalue weighted by Crippen LogP contribution is 2.20. The van der Waals surface area contributed by atoms with E-state index in [0.29, 0.717) is 5.56 Å². The Morgan fingerprint density at radius 2 is 2.05 bits per heavy atom. The number of hydrogen-bond acceptors (Lipinski definition) is 4. The second-order valence-electron chi connectivity index (χ2n) is 5.65. The Labute approximate surface area is 139 Å². The van der Waals surface area contributed by atoms with E-state index in [1.165, 1.54) is 26.4 Å². The topological polar surface area (TPSA) is 47.6 Å². The van der Waals surface area contributed by atoms with Crippen LogP contribution in [0.25, 0.3) is 0 Å². The minimum absolute atomic E-state index is 0. The number of rotatable bonds is 6. The number of esters is 1. The van der Waals surface area contributed by atoms with Crippen molar-refractivity contribution in [2.45, 2.75) is 32.6 Å². The summed E-state index contributed by atoms with van der Waals surface area (Å²) in [6.07, 6.45) is 4.89. The van der Waals surface area contributed by atoms with E-state index in [1.54, 1.807) is 6.07 Å². The van der Waals surface area contributed by atoms with Crippen LogP contribution >= 0.6 is 12.4 Å². The van der Waals surface area contributed by atoms with Gasteiger partial charge in [-0.15, -0.1) is 12.4 Å². The molecule has 124 valence electrons. The maximum atomic E-state index is 11.5. The van der Waals surface area contributed by atoms with Gasteiger partial charge in [0.2, 0.25) is 0 Å². The normalized spacial score (nSPS) is 15.0. The van der Waals surface area contributed by atoms with Gasteiger partial charge in [0.25, 0.3) is 0 Å². The zero-order valence-electron chi connectivity index (χ0n) is 13.4. The molecule has 4 nitrogen and oxygen atoms in total. The number of aryl methyl sites for hydroxylation is 1. The molecule has 0 unspecified atom stereocenters. The van der Waals surface area contributed by atoms with Crippen LogP contribution in [0.2, 0.25) is 0 Å². The van der Waals surface area contributed by atoms with Crippen LogP contribution in [-0.2, 0) is 4.74 Å². The lowest BCUT2D eigenvalue weighted by Crippen LogP contribution is -2.27. The first-order valence-electron chi connectivity index (χ1n) is 7.73. The highest BCUT2D eigenvalue weighted by molar-refractivity contribution is 5.91. The molecule has 0 aliphatic carbocycles. The predicted molar refractivity (Wildman–Crippen MR) is 90.1 cm³/mol. The largest absolute Gasteiger partial charge is 0.494 e. The average molecular weight is 328 g/mol. The maximum absolute atomic E-state index is 11.5. The second-order valence-corrected chi connectivity index (χ2v) is 5.65. The number of hydrogen-bond donors (Lipinski definition) is 1. The summed E-state index contributed by atoms with van der Waals surface area (Å²) >= 11 is 0. The maximum Gasteiger partial charge on any atom is 0.338 e. The minimum Gasteiger partial charge on any atom is -0.494 e. The number of carbonyl (C=O) groups is 1. The zero-order valence-corrected chi connectivity index (χ0v) is 14.2. The summed E-state index contributed by atoms with van der Waals surface area (Å²) in [6, 6.07) is 5.50. The van der Waals surface area contributed by atoms with Crippen molar-refractivity contribution < 1.29 is 14.3 Å². The molecule has 0 amide bonds. The Morgan fingerprint density at radius 1 is 1.32 bits per heavy atom. The van der Waals surface area contributed by atoms with Crippen LogP contribution in [0.4, 0.5) is 0 Å². The van der Waals surface area contributed by atoms with Crippen molar-refractivity contribution in [1.82, 2.24) is 5.32 Å². The fourth-order valence-corrected chi connectivity index (χ4v) is 2.80. The summed E-state index contributed by atoms with van der Waals surface area (Å²) in [5, 5.41) is 3.39. The molecule has 1 aromatic rings. The highest BCUT2D eigenvalue weighted by Gasteiger charge is 2.13. The summed E-state index contributed by atoms with van der Waals surface area (Å²) in [5.41, 5.74) is 1.48. The van der Waals surface area contributed by atoms with Crippen molar-refractivity contribution in [2.24, 2.45) is 5.92 Å². The fraction of sp³-hybridized carbons (Fsp3) is 0.588. The van der Waals surface area contributed by atoms with E-state index in [0.717, 1.165) is 43.3 Å². The highest BCUT2D eigenvalue weighted by atomic mass is 35.5. The molecule has 1 heterocycles. The summed E-state index contributed by atoms with van der Waals surface area (Å²) in [6.45, 7) is 4.94. The smallest absolute Gasteiger partial charge is 0.338 e. The van der Waals surface area contributed by atoms with Crippen molar-refractivity contribution in [3.05, 3.63) is 29.3 Å². The molecule has 2 rings (SSSR count). The molecule has 0 aromatic heterocycles. The van der Waals surface area contributed by atoms with Crippen LogP contribution in [0.15, 0.2) is 18.2 Å². The number of methoxy groups -OCH3 is 1. The van der Waals surface area contributed by atoms with Crippen LogP contribution in [0, 0.1) is 12.8 Å². The molecule has 5 heteroatoms. The molecule has 1 saturated heterocycles. The van der Waals surface area contributed by atoms with Crippen LogP contribution < -0.4 is 10.1 Å². The summed E-state index contributed by atoms with van der Waals surface area (Å²) in [7, 11) is 1.40. The molecule has 1 aliphatic rings. The Balaban J connectivity index is 0.00000242. The molecular weight excluding hydrogens is 302 g/mol. The third-order valence-electron chi connectivity index (χ3n) is 4.09. The van der Waals surface area contributed by atoms with Gasteiger partial charge in [-0.3, -0.25) is 0 Å². The SMILES string of the molecule is COC(=O)c1ccc(OCCCC2CCNCC2)cc1C.Cl. The van der Waals surface area contributed by atoms with Crippen LogP contribution in [-0.4, -0.2) is 32.8 Å². The first-order chi connectivity index (χ1) is 10.2. The van der Waals surface area contributed by atoms with Gasteiger partial charge in [-0.25, -0.2) is 4.79 Å². The quantitative estimate of drug-likeness (QED) is 0.643. The summed E-state index contributed by atoms with van der Waals surface area (Å²) in [5.74, 6) is 1.37. The molecule has 1 aromatic carbocycles. The minimum atomic E-state index is -0.301. The Morgan fingerprint density at radius 3 is 2.68 bits per heavy atom. The molecule has 0 spiro atoms. The molecule has 0 bridgehead atoms. The molecule has 0 saturated carbocycles. The lowest BCUT2D eigenvalue weighted by Gasteiger charge is -2.22. The van der Waals surface area contributed by atoms with Crippen molar-refractivity contribution in [3.8, 4) is 5.75 Å². The fourth-order valence-electron chi connectivity index (χ4n) is 2.80. The predicted octanol–water partition coefficient (Wildman–Crippen LogP) is 3.36. The molecule has 0 atom stereocenters. The van der Waals surface area contributed by atoms with Crippen LogP contribution in [0.3, 0.4) is 0 Å². The first kappa shape index (κ1) is 18.8. The third kappa shape index (κ3) is 5.50. The Bertz CT molecular complexity index is 473. The van der Waals surface area contributed by atoms with Crippen molar-refractivity contribution >= 4 is 18.4 Å². The average Bonchev–Trinajstić information content (AvgIpc) is 2.52. The molecule has 1 aliphatic heterocycles. The van der Waals surface area contributed by atoms with Gasteiger partial charge >= 0.3 is 5.97 Å². The van der Waals surface area contributed by atoms with E-state index in [9.17, 15) is 4.79 Å². The molecular formula is C17H26ClNO3. The van der Waals surface area contributed by atoms with Crippen molar-refractivity contribution in [3.63, 3.8) is 0 Å². The van der Waals surface area contributed by atoms with Gasteiger partial charge in [0.05, 0.1) is 19.3 Å². The third-order valence-corrected chi connectivity index (χ3v) is 4.09. The number of halogens is 1. The first-order valence-corrected chi connectivity index (χ1v) is 7.73. The molecule has 22 heavy (non-hydrogen) atoms. The van der Waals surface area contributed by atoms with E-state index >= 15 is 0 Å². The summed E-state index contributed by atoms with van der Waals surface area (Å²) < 4.78 is 10.5. The van der Waals surface area contributed by atoms with Gasteiger partial charge < -0.3 is 14.8 Å². The standard InChI is InChI=1S/C17H25NO3.ClH/c1-13-12-15(5-6-16(13)17(19)20-2)21-11-3-4-14-7-9-18-10-8-14;/h5-6,12,14,18H,3-4,7-11H2,1-2H3;1H. The van der Waals surface area contributed by atoms with Gasteiger partial charge in [-0.1, -0.05) is 0 Å². The number of piperidine rings is 1. The van der Waals surface area contributed by atoms with Gasteiger partial charge in [0, 0.05) is 0 Å². The number of nitrogens with one attached hydrogen (secondary N) is 1. The van der Waals surface area contributed by atoms with Gasteiger partial charge in [0.1, 0.15) is 5.75 Å². The van der Waals surface area contributed by atoms with Crippen molar-refractivity contribution in [1.29, 1.82) is 0 Å². The lowest BCUT2D eigenvalue weighted by molar-refractivity contribution is 0.0600. The van der Waals surface area contributed by atoms with Gasteiger partial charge in [-0.2, -0.15) is 0 Å². The molecule has 0 radical (unpaired) electrons. The van der Waals surface area contributed by atoms with Crippen LogP contribution in [0.1, 0.15) is 41.6 Å². The second kappa shape index (κ2) is 9.70. The monoisotopic (exact) mass is 327 g/mol. The zero-order chi connectivity index (χ0) is 15.1.